The summed E-state index contributed by atoms with van der Waals surface area (Å²) in [5.41, 5.74) is 1.52. The average molecular weight is 295 g/mol. The van der Waals surface area contributed by atoms with Gasteiger partial charge in [-0.25, -0.2) is 0 Å². The summed E-state index contributed by atoms with van der Waals surface area (Å²) in [6, 6.07) is 0. The Morgan fingerprint density at radius 1 is 0.762 bits per heavy atom. The molecule has 0 aromatic heterocycles. The van der Waals surface area contributed by atoms with Crippen molar-refractivity contribution in [1.82, 2.24) is 0 Å². The molecular formula is C21H42. The first-order valence-electron chi connectivity index (χ1n) is 9.76. The van der Waals surface area contributed by atoms with Crippen molar-refractivity contribution in [2.24, 2.45) is 22.2 Å². The fourth-order valence-corrected chi connectivity index (χ4v) is 5.87. The molecule has 0 spiro atoms. The van der Waals surface area contributed by atoms with Gasteiger partial charge in [0, 0.05) is 0 Å². The molecular weight excluding hydrogens is 252 g/mol. The standard InChI is InChI=1S/C21H42/c1-8-11-18-12-16-21(17-13-18,19(4,5)14-9-2)20(6,7)15-10-3/h18H,8-17H2,1-7H3. The molecule has 1 rings (SSSR count). The summed E-state index contributed by atoms with van der Waals surface area (Å²) in [5.74, 6) is 1.01. The summed E-state index contributed by atoms with van der Waals surface area (Å²) >= 11 is 0. The molecule has 21 heavy (non-hydrogen) atoms. The van der Waals surface area contributed by atoms with Gasteiger partial charge in [0.25, 0.3) is 0 Å². The van der Waals surface area contributed by atoms with Gasteiger partial charge in [-0.05, 0) is 60.7 Å². The van der Waals surface area contributed by atoms with E-state index in [-0.39, 0.29) is 0 Å². The molecule has 0 saturated heterocycles. The van der Waals surface area contributed by atoms with Crippen LogP contribution in [-0.4, -0.2) is 0 Å². The fourth-order valence-electron chi connectivity index (χ4n) is 5.87. The zero-order valence-corrected chi connectivity index (χ0v) is 16.1. The van der Waals surface area contributed by atoms with Crippen molar-refractivity contribution >= 4 is 0 Å². The molecule has 0 nitrogen and oxygen atoms in total. The van der Waals surface area contributed by atoms with Crippen LogP contribution in [0.1, 0.15) is 113 Å². The van der Waals surface area contributed by atoms with Crippen molar-refractivity contribution in [3.05, 3.63) is 0 Å². The Hall–Kier alpha value is 0. The van der Waals surface area contributed by atoms with Crippen LogP contribution in [0.25, 0.3) is 0 Å². The SMILES string of the molecule is CCCC1CCC(C(C)(C)CCC)(C(C)(C)CCC)CC1. The maximum Gasteiger partial charge on any atom is -0.0195 e. The Morgan fingerprint density at radius 3 is 1.52 bits per heavy atom. The van der Waals surface area contributed by atoms with Gasteiger partial charge in [0.15, 0.2) is 0 Å². The third-order valence-electron chi connectivity index (χ3n) is 7.00. The molecule has 0 heterocycles. The van der Waals surface area contributed by atoms with Crippen LogP contribution < -0.4 is 0 Å². The number of rotatable bonds is 8. The van der Waals surface area contributed by atoms with Crippen LogP contribution in [0.4, 0.5) is 0 Å². The molecule has 0 heteroatoms. The monoisotopic (exact) mass is 294 g/mol. The molecule has 0 radical (unpaired) electrons. The summed E-state index contributed by atoms with van der Waals surface area (Å²) in [4.78, 5) is 0. The van der Waals surface area contributed by atoms with Crippen molar-refractivity contribution in [2.45, 2.75) is 113 Å². The number of hydrogen-bond acceptors (Lipinski definition) is 0. The minimum Gasteiger partial charge on any atom is -0.0654 e. The molecule has 0 unspecified atom stereocenters. The molecule has 0 bridgehead atoms. The van der Waals surface area contributed by atoms with Gasteiger partial charge >= 0.3 is 0 Å². The Balaban J connectivity index is 3.03. The van der Waals surface area contributed by atoms with Crippen LogP contribution >= 0.6 is 0 Å². The second-order valence-electron chi connectivity index (χ2n) is 9.08. The highest BCUT2D eigenvalue weighted by molar-refractivity contribution is 5.03. The van der Waals surface area contributed by atoms with Crippen molar-refractivity contribution in [2.75, 3.05) is 0 Å². The topological polar surface area (TPSA) is 0 Å². The zero-order chi connectivity index (χ0) is 16.1. The van der Waals surface area contributed by atoms with E-state index in [0.717, 1.165) is 5.92 Å². The Kier molecular flexibility index (Phi) is 6.81. The first-order chi connectivity index (χ1) is 9.76. The van der Waals surface area contributed by atoms with Gasteiger partial charge in [-0.15, -0.1) is 0 Å². The van der Waals surface area contributed by atoms with Crippen LogP contribution in [-0.2, 0) is 0 Å². The third-order valence-corrected chi connectivity index (χ3v) is 7.00. The largest absolute Gasteiger partial charge is 0.0654 e. The van der Waals surface area contributed by atoms with E-state index in [1.807, 2.05) is 0 Å². The van der Waals surface area contributed by atoms with Gasteiger partial charge in [-0.3, -0.25) is 0 Å². The summed E-state index contributed by atoms with van der Waals surface area (Å²) < 4.78 is 0. The van der Waals surface area contributed by atoms with E-state index in [1.54, 1.807) is 0 Å². The molecule has 1 saturated carbocycles. The molecule has 1 aliphatic carbocycles. The van der Waals surface area contributed by atoms with Crippen molar-refractivity contribution < 1.29 is 0 Å². The van der Waals surface area contributed by atoms with Gasteiger partial charge in [0.1, 0.15) is 0 Å². The molecule has 0 N–H and O–H groups in total. The highest BCUT2D eigenvalue weighted by Gasteiger charge is 2.54. The lowest BCUT2D eigenvalue weighted by Gasteiger charge is -2.60. The van der Waals surface area contributed by atoms with E-state index >= 15 is 0 Å². The molecule has 0 aliphatic heterocycles. The molecule has 1 aliphatic rings. The smallest absolute Gasteiger partial charge is 0.0195 e. The fraction of sp³-hybridized carbons (Fsp3) is 1.00. The Morgan fingerprint density at radius 2 is 1.19 bits per heavy atom. The van der Waals surface area contributed by atoms with Crippen LogP contribution in [0, 0.1) is 22.2 Å². The predicted molar refractivity (Wildman–Crippen MR) is 96.7 cm³/mol. The van der Waals surface area contributed by atoms with Crippen molar-refractivity contribution in [3.63, 3.8) is 0 Å². The lowest BCUT2D eigenvalue weighted by molar-refractivity contribution is -0.101. The number of hydrogen-bond donors (Lipinski definition) is 0. The zero-order valence-electron chi connectivity index (χ0n) is 16.1. The normalized spacial score (nSPS) is 20.7. The van der Waals surface area contributed by atoms with Crippen LogP contribution in [0.3, 0.4) is 0 Å². The van der Waals surface area contributed by atoms with E-state index in [9.17, 15) is 0 Å². The average Bonchev–Trinajstić information content (AvgIpc) is 2.39. The van der Waals surface area contributed by atoms with Crippen LogP contribution in [0.5, 0.6) is 0 Å². The van der Waals surface area contributed by atoms with Gasteiger partial charge in [-0.2, -0.15) is 0 Å². The molecule has 0 amide bonds. The lowest BCUT2D eigenvalue weighted by Crippen LogP contribution is -2.51. The van der Waals surface area contributed by atoms with Gasteiger partial charge in [0.2, 0.25) is 0 Å². The Labute approximate surface area is 135 Å². The second kappa shape index (κ2) is 7.51. The summed E-state index contributed by atoms with van der Waals surface area (Å²) in [5, 5.41) is 0. The van der Waals surface area contributed by atoms with Gasteiger partial charge < -0.3 is 0 Å². The highest BCUT2D eigenvalue weighted by atomic mass is 14.6. The maximum atomic E-state index is 2.58. The molecule has 0 aromatic rings. The minimum atomic E-state index is 0.484. The summed E-state index contributed by atoms with van der Waals surface area (Å²) in [7, 11) is 0. The summed E-state index contributed by atoms with van der Waals surface area (Å²) in [6.07, 6.45) is 14.2. The molecule has 1 fully saturated rings. The van der Waals surface area contributed by atoms with E-state index in [0.29, 0.717) is 16.2 Å². The van der Waals surface area contributed by atoms with E-state index in [2.05, 4.69) is 48.5 Å². The summed E-state index contributed by atoms with van der Waals surface area (Å²) in [6.45, 7) is 17.4. The minimum absolute atomic E-state index is 0.484. The maximum absolute atomic E-state index is 2.58. The molecule has 0 aromatic carbocycles. The first-order valence-corrected chi connectivity index (χ1v) is 9.76. The van der Waals surface area contributed by atoms with Crippen LogP contribution in [0.15, 0.2) is 0 Å². The van der Waals surface area contributed by atoms with Gasteiger partial charge in [0.05, 0.1) is 0 Å². The van der Waals surface area contributed by atoms with E-state index < -0.39 is 0 Å². The molecule has 0 atom stereocenters. The van der Waals surface area contributed by atoms with E-state index in [4.69, 9.17) is 0 Å². The quantitative estimate of drug-likeness (QED) is 0.432. The Bertz CT molecular complexity index is 269. The second-order valence-corrected chi connectivity index (χ2v) is 9.08. The van der Waals surface area contributed by atoms with Crippen molar-refractivity contribution in [1.29, 1.82) is 0 Å². The first kappa shape index (κ1) is 19.0. The lowest BCUT2D eigenvalue weighted by atomic mass is 9.45. The highest BCUT2D eigenvalue weighted by Crippen LogP contribution is 2.63. The third kappa shape index (κ3) is 3.85. The van der Waals surface area contributed by atoms with E-state index in [1.165, 1.54) is 64.2 Å². The van der Waals surface area contributed by atoms with Crippen molar-refractivity contribution in [3.8, 4) is 0 Å². The molecule has 126 valence electrons. The predicted octanol–water partition coefficient (Wildman–Crippen LogP) is 7.62. The van der Waals surface area contributed by atoms with Crippen LogP contribution in [0.2, 0.25) is 0 Å². The van der Waals surface area contributed by atoms with Gasteiger partial charge in [-0.1, -0.05) is 74.1 Å².